The highest BCUT2D eigenvalue weighted by atomic mass is 19.2. The van der Waals surface area contributed by atoms with Crippen molar-refractivity contribution in [3.8, 4) is 11.8 Å². The fraction of sp³-hybridized carbons (Fsp3) is 0.350. The van der Waals surface area contributed by atoms with Gasteiger partial charge in [0.05, 0.1) is 5.56 Å². The van der Waals surface area contributed by atoms with E-state index in [9.17, 15) is 13.6 Å². The van der Waals surface area contributed by atoms with E-state index in [1.54, 1.807) is 7.05 Å². The third kappa shape index (κ3) is 3.47. The molecule has 0 bridgehead atoms. The van der Waals surface area contributed by atoms with Crippen LogP contribution in [0.5, 0.6) is 0 Å². The fourth-order valence-electron chi connectivity index (χ4n) is 3.37. The molecule has 7 nitrogen and oxygen atoms in total. The van der Waals surface area contributed by atoms with E-state index < -0.39 is 11.6 Å². The molecule has 29 heavy (non-hydrogen) atoms. The maximum Gasteiger partial charge on any atom is 0.267 e. The van der Waals surface area contributed by atoms with Crippen molar-refractivity contribution in [1.29, 1.82) is 0 Å². The van der Waals surface area contributed by atoms with Gasteiger partial charge in [0.25, 0.3) is 5.56 Å². The van der Waals surface area contributed by atoms with Crippen LogP contribution in [0.4, 0.5) is 14.7 Å². The lowest BCUT2D eigenvalue weighted by Gasteiger charge is -2.37. The molecular weight excluding hydrogens is 378 g/mol. The first kappa shape index (κ1) is 19.1. The number of piperidine rings is 1. The van der Waals surface area contributed by atoms with E-state index >= 15 is 0 Å². The summed E-state index contributed by atoms with van der Waals surface area (Å²) in [5.41, 5.74) is 5.97. The van der Waals surface area contributed by atoms with Crippen LogP contribution in [0.3, 0.4) is 0 Å². The molecule has 3 N–H and O–H groups in total. The van der Waals surface area contributed by atoms with Gasteiger partial charge in [-0.2, -0.15) is 10.1 Å². The second-order valence-corrected chi connectivity index (χ2v) is 7.56. The number of halogens is 2. The SMILES string of the molecule is Cn1c(N2CCC(C)(N)CC2)nc2[nH]nc(C#Cc3cccc(F)c3F)c2c1=O. The minimum Gasteiger partial charge on any atom is -0.342 e. The summed E-state index contributed by atoms with van der Waals surface area (Å²) >= 11 is 0. The number of hydrogen-bond acceptors (Lipinski definition) is 5. The van der Waals surface area contributed by atoms with Gasteiger partial charge in [-0.3, -0.25) is 14.5 Å². The Morgan fingerprint density at radius 3 is 2.69 bits per heavy atom. The van der Waals surface area contributed by atoms with Crippen molar-refractivity contribution in [3.05, 3.63) is 51.4 Å². The predicted molar refractivity (Wildman–Crippen MR) is 106 cm³/mol. The first-order valence-electron chi connectivity index (χ1n) is 9.22. The average Bonchev–Trinajstić information content (AvgIpc) is 3.09. The number of nitrogens with one attached hydrogen (secondary N) is 1. The van der Waals surface area contributed by atoms with E-state index in [-0.39, 0.29) is 27.7 Å². The predicted octanol–water partition coefficient (Wildman–Crippen LogP) is 1.65. The Kier molecular flexibility index (Phi) is 4.59. The maximum absolute atomic E-state index is 13.8. The quantitative estimate of drug-likeness (QED) is 0.608. The average molecular weight is 398 g/mol. The van der Waals surface area contributed by atoms with Gasteiger partial charge >= 0.3 is 0 Å². The largest absolute Gasteiger partial charge is 0.342 e. The van der Waals surface area contributed by atoms with Gasteiger partial charge in [-0.05, 0) is 37.8 Å². The molecule has 1 aliphatic rings. The molecule has 3 heterocycles. The number of anilines is 1. The van der Waals surface area contributed by atoms with E-state index in [0.29, 0.717) is 24.7 Å². The van der Waals surface area contributed by atoms with Crippen molar-refractivity contribution in [1.82, 2.24) is 19.7 Å². The molecule has 1 aromatic carbocycles. The van der Waals surface area contributed by atoms with Gasteiger partial charge in [0.1, 0.15) is 5.39 Å². The van der Waals surface area contributed by atoms with Crippen LogP contribution in [-0.4, -0.2) is 38.4 Å². The Labute approximate surface area is 165 Å². The molecule has 0 atom stereocenters. The van der Waals surface area contributed by atoms with Crippen LogP contribution in [0.1, 0.15) is 31.0 Å². The molecule has 1 fully saturated rings. The number of benzene rings is 1. The molecule has 9 heteroatoms. The first-order chi connectivity index (χ1) is 13.8. The van der Waals surface area contributed by atoms with E-state index in [4.69, 9.17) is 5.73 Å². The van der Waals surface area contributed by atoms with Crippen molar-refractivity contribution in [3.63, 3.8) is 0 Å². The molecule has 2 aromatic heterocycles. The van der Waals surface area contributed by atoms with E-state index in [1.807, 2.05) is 11.8 Å². The normalized spacial score (nSPS) is 16.0. The molecule has 3 aromatic rings. The summed E-state index contributed by atoms with van der Waals surface area (Å²) in [6, 6.07) is 3.73. The molecule has 0 amide bonds. The van der Waals surface area contributed by atoms with Crippen molar-refractivity contribution in [2.75, 3.05) is 18.0 Å². The number of fused-ring (bicyclic) bond motifs is 1. The fourth-order valence-corrected chi connectivity index (χ4v) is 3.37. The molecule has 0 radical (unpaired) electrons. The lowest BCUT2D eigenvalue weighted by Crippen LogP contribution is -2.49. The summed E-state index contributed by atoms with van der Waals surface area (Å²) < 4.78 is 28.6. The zero-order chi connectivity index (χ0) is 20.8. The summed E-state index contributed by atoms with van der Waals surface area (Å²) in [5, 5.41) is 6.97. The van der Waals surface area contributed by atoms with Gasteiger partial charge in [0, 0.05) is 25.7 Å². The lowest BCUT2D eigenvalue weighted by atomic mass is 9.91. The minimum absolute atomic E-state index is 0.110. The van der Waals surface area contributed by atoms with Crippen LogP contribution in [0, 0.1) is 23.5 Å². The number of hydrogen-bond donors (Lipinski definition) is 2. The zero-order valence-electron chi connectivity index (χ0n) is 16.1. The number of H-pyrrole nitrogens is 1. The summed E-state index contributed by atoms with van der Waals surface area (Å²) in [6.45, 7) is 3.40. The van der Waals surface area contributed by atoms with Crippen LogP contribution in [0.2, 0.25) is 0 Å². The lowest BCUT2D eigenvalue weighted by molar-refractivity contribution is 0.360. The monoisotopic (exact) mass is 398 g/mol. The summed E-state index contributed by atoms with van der Waals surface area (Å²) in [5.74, 6) is 3.68. The maximum atomic E-state index is 13.8. The van der Waals surface area contributed by atoms with Crippen molar-refractivity contribution in [2.45, 2.75) is 25.3 Å². The number of rotatable bonds is 1. The van der Waals surface area contributed by atoms with Gasteiger partial charge in [0.15, 0.2) is 23.0 Å². The highest BCUT2D eigenvalue weighted by Crippen LogP contribution is 2.23. The highest BCUT2D eigenvalue weighted by Gasteiger charge is 2.28. The molecule has 1 aliphatic heterocycles. The summed E-state index contributed by atoms with van der Waals surface area (Å²) in [4.78, 5) is 19.5. The minimum atomic E-state index is -1.04. The Morgan fingerprint density at radius 2 is 1.97 bits per heavy atom. The zero-order valence-corrected chi connectivity index (χ0v) is 16.1. The van der Waals surface area contributed by atoms with Crippen LogP contribution >= 0.6 is 0 Å². The van der Waals surface area contributed by atoms with Crippen LogP contribution < -0.4 is 16.2 Å². The van der Waals surface area contributed by atoms with Crippen molar-refractivity contribution >= 4 is 17.0 Å². The molecule has 0 aliphatic carbocycles. The molecule has 0 spiro atoms. The van der Waals surface area contributed by atoms with Crippen molar-refractivity contribution in [2.24, 2.45) is 12.8 Å². The topological polar surface area (TPSA) is 92.8 Å². The Balaban J connectivity index is 1.73. The van der Waals surface area contributed by atoms with Gasteiger partial charge in [-0.25, -0.2) is 8.78 Å². The van der Waals surface area contributed by atoms with Gasteiger partial charge in [-0.15, -0.1) is 0 Å². The second kappa shape index (κ2) is 6.97. The van der Waals surface area contributed by atoms with E-state index in [2.05, 4.69) is 27.0 Å². The Hall–Kier alpha value is -3.25. The Morgan fingerprint density at radius 1 is 1.24 bits per heavy atom. The molecule has 0 saturated carbocycles. The first-order valence-corrected chi connectivity index (χ1v) is 9.22. The summed E-state index contributed by atoms with van der Waals surface area (Å²) in [7, 11) is 1.64. The van der Waals surface area contributed by atoms with Crippen LogP contribution in [-0.2, 0) is 7.05 Å². The third-order valence-electron chi connectivity index (χ3n) is 5.23. The van der Waals surface area contributed by atoms with Crippen molar-refractivity contribution < 1.29 is 8.78 Å². The molecule has 4 rings (SSSR count). The number of aromatic nitrogens is 4. The van der Waals surface area contributed by atoms with Gasteiger partial charge < -0.3 is 10.6 Å². The number of aromatic amines is 1. The summed E-state index contributed by atoms with van der Waals surface area (Å²) in [6.07, 6.45) is 1.58. The molecule has 0 unspecified atom stereocenters. The van der Waals surface area contributed by atoms with E-state index in [1.165, 1.54) is 16.7 Å². The number of nitrogens with two attached hydrogens (primary N) is 1. The molecule has 150 valence electrons. The number of nitrogens with zero attached hydrogens (tertiary/aromatic N) is 4. The highest BCUT2D eigenvalue weighted by molar-refractivity contribution is 5.81. The Bertz CT molecular complexity index is 1210. The molecule has 1 saturated heterocycles. The van der Waals surface area contributed by atoms with Crippen LogP contribution in [0.15, 0.2) is 23.0 Å². The van der Waals surface area contributed by atoms with E-state index in [0.717, 1.165) is 18.9 Å². The molecular formula is C20H20F2N6O. The van der Waals surface area contributed by atoms with Gasteiger partial charge in [0.2, 0.25) is 5.95 Å². The standard InChI is InChI=1S/C20H20F2N6O/c1-20(23)8-10-28(11-9-20)19-24-17-15(18(29)27(19)2)14(25-26-17)7-6-12-4-3-5-13(21)16(12)22/h3-5H,8-11,23H2,1-2H3,(H,25,26). The van der Waals surface area contributed by atoms with Crippen LogP contribution in [0.25, 0.3) is 11.0 Å². The third-order valence-corrected chi connectivity index (χ3v) is 5.23. The second-order valence-electron chi connectivity index (χ2n) is 7.56. The van der Waals surface area contributed by atoms with Gasteiger partial charge in [-0.1, -0.05) is 12.0 Å². The smallest absolute Gasteiger partial charge is 0.267 e.